The summed E-state index contributed by atoms with van der Waals surface area (Å²) in [7, 11) is 0. The molecule has 1 spiro atoms. The van der Waals surface area contributed by atoms with Gasteiger partial charge >= 0.3 is 6.09 Å². The molecule has 2 aliphatic heterocycles. The standard InChI is InChI=1S/C19H29N3O3S/c1-5-7-13(3)22-12-19(25-18(22)24)8-10-21(11-9-19)17(23)16-15(6-2)20-14(4)26-16/h13H,5-12H2,1-4H3/t13-/m1/s1. The van der Waals surface area contributed by atoms with Gasteiger partial charge in [0.1, 0.15) is 10.5 Å². The van der Waals surface area contributed by atoms with Crippen molar-refractivity contribution in [1.82, 2.24) is 14.8 Å². The van der Waals surface area contributed by atoms with Crippen LogP contribution in [0.2, 0.25) is 0 Å². The fourth-order valence-corrected chi connectivity index (χ4v) is 4.93. The lowest BCUT2D eigenvalue weighted by Gasteiger charge is -2.37. The minimum atomic E-state index is -0.424. The monoisotopic (exact) mass is 379 g/mol. The molecule has 3 heterocycles. The number of rotatable bonds is 5. The number of piperidine rings is 1. The van der Waals surface area contributed by atoms with E-state index < -0.39 is 5.60 Å². The lowest BCUT2D eigenvalue weighted by atomic mass is 9.90. The van der Waals surface area contributed by atoms with Crippen molar-refractivity contribution >= 4 is 23.3 Å². The highest BCUT2D eigenvalue weighted by Gasteiger charge is 2.48. The Balaban J connectivity index is 1.64. The van der Waals surface area contributed by atoms with Crippen molar-refractivity contribution in [2.24, 2.45) is 0 Å². The molecule has 7 heteroatoms. The van der Waals surface area contributed by atoms with Crippen molar-refractivity contribution in [2.75, 3.05) is 19.6 Å². The van der Waals surface area contributed by atoms with Crippen LogP contribution in [-0.4, -0.2) is 58.1 Å². The molecule has 0 radical (unpaired) electrons. The molecule has 26 heavy (non-hydrogen) atoms. The van der Waals surface area contributed by atoms with Crippen LogP contribution in [0, 0.1) is 6.92 Å². The number of nitrogens with zero attached hydrogens (tertiary/aromatic N) is 3. The van der Waals surface area contributed by atoms with Crippen LogP contribution < -0.4 is 0 Å². The Labute approximate surface area is 159 Å². The molecule has 3 rings (SSSR count). The average molecular weight is 380 g/mol. The summed E-state index contributed by atoms with van der Waals surface area (Å²) in [4.78, 5) is 34.2. The zero-order chi connectivity index (χ0) is 18.9. The van der Waals surface area contributed by atoms with Crippen LogP contribution in [0.5, 0.6) is 0 Å². The van der Waals surface area contributed by atoms with E-state index in [1.807, 2.05) is 23.6 Å². The molecule has 2 aliphatic rings. The van der Waals surface area contributed by atoms with Gasteiger partial charge < -0.3 is 14.5 Å². The second-order valence-electron chi connectivity index (χ2n) is 7.47. The van der Waals surface area contributed by atoms with Crippen LogP contribution >= 0.6 is 11.3 Å². The van der Waals surface area contributed by atoms with E-state index in [4.69, 9.17) is 4.74 Å². The first-order valence-electron chi connectivity index (χ1n) is 9.64. The van der Waals surface area contributed by atoms with E-state index in [1.54, 1.807) is 0 Å². The molecule has 0 aliphatic carbocycles. The van der Waals surface area contributed by atoms with Crippen molar-refractivity contribution in [1.29, 1.82) is 0 Å². The molecule has 0 N–H and O–H groups in total. The largest absolute Gasteiger partial charge is 0.441 e. The molecule has 2 saturated heterocycles. The van der Waals surface area contributed by atoms with Crippen LogP contribution in [0.15, 0.2) is 0 Å². The molecule has 0 bridgehead atoms. The van der Waals surface area contributed by atoms with Gasteiger partial charge in [-0.15, -0.1) is 11.3 Å². The first-order valence-corrected chi connectivity index (χ1v) is 10.5. The topological polar surface area (TPSA) is 62.7 Å². The Hall–Kier alpha value is -1.63. The number of carbonyl (C=O) groups is 2. The molecule has 2 fully saturated rings. The molecule has 144 valence electrons. The Morgan fingerprint density at radius 1 is 1.35 bits per heavy atom. The first kappa shape index (κ1) is 19.1. The quantitative estimate of drug-likeness (QED) is 0.784. The third kappa shape index (κ3) is 3.59. The molecule has 0 unspecified atom stereocenters. The first-order chi connectivity index (χ1) is 12.4. The molecular weight excluding hydrogens is 350 g/mol. The number of hydrogen-bond donors (Lipinski definition) is 0. The highest BCUT2D eigenvalue weighted by molar-refractivity contribution is 7.13. The third-order valence-electron chi connectivity index (χ3n) is 5.53. The van der Waals surface area contributed by atoms with Gasteiger partial charge in [-0.25, -0.2) is 9.78 Å². The van der Waals surface area contributed by atoms with Crippen LogP contribution in [-0.2, 0) is 11.2 Å². The smallest absolute Gasteiger partial charge is 0.410 e. The predicted octanol–water partition coefficient (Wildman–Crippen LogP) is 3.63. The molecule has 1 aromatic heterocycles. The molecule has 2 amide bonds. The highest BCUT2D eigenvalue weighted by Crippen LogP contribution is 2.35. The van der Waals surface area contributed by atoms with Gasteiger partial charge in [0.15, 0.2) is 0 Å². The maximum atomic E-state index is 12.9. The Kier molecular flexibility index (Phi) is 5.55. The van der Waals surface area contributed by atoms with E-state index in [9.17, 15) is 9.59 Å². The van der Waals surface area contributed by atoms with Gasteiger partial charge in [-0.05, 0) is 26.7 Å². The summed E-state index contributed by atoms with van der Waals surface area (Å²) < 4.78 is 5.79. The fourth-order valence-electron chi connectivity index (χ4n) is 3.96. The molecule has 0 aromatic carbocycles. The maximum Gasteiger partial charge on any atom is 0.410 e. The van der Waals surface area contributed by atoms with Gasteiger partial charge in [-0.3, -0.25) is 4.79 Å². The summed E-state index contributed by atoms with van der Waals surface area (Å²) in [6, 6.07) is 0.207. The van der Waals surface area contributed by atoms with Crippen molar-refractivity contribution < 1.29 is 14.3 Å². The van der Waals surface area contributed by atoms with Crippen LogP contribution in [0.4, 0.5) is 4.79 Å². The van der Waals surface area contributed by atoms with Gasteiger partial charge in [0, 0.05) is 32.0 Å². The van der Waals surface area contributed by atoms with Gasteiger partial charge in [0.05, 0.1) is 17.2 Å². The lowest BCUT2D eigenvalue weighted by Crippen LogP contribution is -2.49. The molecule has 1 atom stereocenters. The zero-order valence-electron chi connectivity index (χ0n) is 16.2. The second-order valence-corrected chi connectivity index (χ2v) is 8.67. The van der Waals surface area contributed by atoms with Crippen molar-refractivity contribution in [2.45, 2.75) is 71.4 Å². The van der Waals surface area contributed by atoms with Crippen LogP contribution in [0.25, 0.3) is 0 Å². The molecule has 1 aromatic rings. The van der Waals surface area contributed by atoms with Gasteiger partial charge in [0.2, 0.25) is 0 Å². The number of amides is 2. The number of aromatic nitrogens is 1. The second kappa shape index (κ2) is 7.55. The lowest BCUT2D eigenvalue weighted by molar-refractivity contribution is 0.00318. The average Bonchev–Trinajstić information content (AvgIpc) is 3.15. The molecule has 6 nitrogen and oxygen atoms in total. The number of thiazole rings is 1. The van der Waals surface area contributed by atoms with Crippen molar-refractivity contribution in [3.63, 3.8) is 0 Å². The minimum absolute atomic E-state index is 0.0721. The Morgan fingerprint density at radius 3 is 2.65 bits per heavy atom. The van der Waals surface area contributed by atoms with Crippen LogP contribution in [0.3, 0.4) is 0 Å². The van der Waals surface area contributed by atoms with E-state index >= 15 is 0 Å². The van der Waals surface area contributed by atoms with Crippen LogP contribution in [0.1, 0.15) is 66.8 Å². The van der Waals surface area contributed by atoms with Gasteiger partial charge in [0.25, 0.3) is 5.91 Å². The summed E-state index contributed by atoms with van der Waals surface area (Å²) in [5, 5.41) is 0.934. The Morgan fingerprint density at radius 2 is 2.04 bits per heavy atom. The van der Waals surface area contributed by atoms with E-state index in [0.29, 0.717) is 32.5 Å². The van der Waals surface area contributed by atoms with E-state index in [0.717, 1.165) is 34.8 Å². The summed E-state index contributed by atoms with van der Waals surface area (Å²) >= 11 is 1.48. The number of likely N-dealkylation sites (tertiary alicyclic amines) is 1. The summed E-state index contributed by atoms with van der Waals surface area (Å²) in [5.74, 6) is 0.0721. The Bertz CT molecular complexity index is 680. The zero-order valence-corrected chi connectivity index (χ0v) is 17.0. The van der Waals surface area contributed by atoms with Gasteiger partial charge in [-0.1, -0.05) is 20.3 Å². The predicted molar refractivity (Wildman–Crippen MR) is 102 cm³/mol. The van der Waals surface area contributed by atoms with E-state index in [-0.39, 0.29) is 18.0 Å². The third-order valence-corrected chi connectivity index (χ3v) is 6.53. The molecular formula is C19H29N3O3S. The summed E-state index contributed by atoms with van der Waals surface area (Å²) in [5.41, 5.74) is 0.470. The highest BCUT2D eigenvalue weighted by atomic mass is 32.1. The SMILES string of the molecule is CCC[C@@H](C)N1CC2(CCN(C(=O)c3sc(C)nc3CC)CC2)OC1=O. The van der Waals surface area contributed by atoms with Gasteiger partial charge in [-0.2, -0.15) is 0 Å². The number of hydrogen-bond acceptors (Lipinski definition) is 5. The molecule has 0 saturated carbocycles. The summed E-state index contributed by atoms with van der Waals surface area (Å²) in [6.45, 7) is 10.1. The fraction of sp³-hybridized carbons (Fsp3) is 0.737. The van der Waals surface area contributed by atoms with E-state index in [2.05, 4.69) is 18.8 Å². The van der Waals surface area contributed by atoms with Crippen molar-refractivity contribution in [3.05, 3.63) is 15.6 Å². The van der Waals surface area contributed by atoms with Crippen molar-refractivity contribution in [3.8, 4) is 0 Å². The number of carbonyl (C=O) groups excluding carboxylic acids is 2. The van der Waals surface area contributed by atoms with E-state index in [1.165, 1.54) is 11.3 Å². The maximum absolute atomic E-state index is 12.9. The number of aryl methyl sites for hydroxylation is 2. The normalized spacial score (nSPS) is 20.5. The minimum Gasteiger partial charge on any atom is -0.441 e. The number of ether oxygens (including phenoxy) is 1. The summed E-state index contributed by atoms with van der Waals surface area (Å²) in [6.07, 6.45) is 4.02.